The molecule has 4 aromatic rings. The first-order chi connectivity index (χ1) is 22.7. The van der Waals surface area contributed by atoms with Crippen molar-refractivity contribution in [2.45, 2.75) is 17.7 Å². The molecule has 1 atom stereocenters. The summed E-state index contributed by atoms with van der Waals surface area (Å²) in [5, 5.41) is 0. The molecule has 0 fully saturated rings. The van der Waals surface area contributed by atoms with Crippen molar-refractivity contribution in [2.75, 3.05) is 49.2 Å². The minimum absolute atomic E-state index is 0.00552. The van der Waals surface area contributed by atoms with E-state index in [0.717, 1.165) is 15.4 Å². The van der Waals surface area contributed by atoms with Gasteiger partial charge in [-0.15, -0.1) is 0 Å². The first-order valence-corrected chi connectivity index (χ1v) is 16.1. The monoisotopic (exact) mass is 659 g/mol. The standard InChI is InChI=1S/C36H37NO9S/c1-22-13-15-24(16-14-22)47(39,40)37-21-27(23-11-9-8-10-12-23)30(25-17-19-28(41-2)34(45-6)32(25)43-4)31(36(37)38)26-18-20-29(42-3)35(46-7)33(26)44-5/h8-20,27H,21H2,1-7H3. The molecule has 0 saturated carbocycles. The Labute approximate surface area is 275 Å². The first-order valence-electron chi connectivity index (χ1n) is 14.7. The Hall–Kier alpha value is -5.16. The number of nitrogens with zero attached hydrogens (tertiary/aromatic N) is 1. The van der Waals surface area contributed by atoms with Gasteiger partial charge in [-0.05, 0) is 54.5 Å². The summed E-state index contributed by atoms with van der Waals surface area (Å²) in [6.07, 6.45) is 0. The minimum Gasteiger partial charge on any atom is -0.493 e. The molecule has 246 valence electrons. The Morgan fingerprint density at radius 1 is 0.617 bits per heavy atom. The van der Waals surface area contributed by atoms with Gasteiger partial charge in [-0.2, -0.15) is 0 Å². The lowest BCUT2D eigenvalue weighted by atomic mass is 9.78. The Kier molecular flexibility index (Phi) is 9.67. The number of aryl methyl sites for hydroxylation is 1. The van der Waals surface area contributed by atoms with Crippen LogP contribution in [0.5, 0.6) is 34.5 Å². The van der Waals surface area contributed by atoms with Crippen molar-refractivity contribution in [3.05, 3.63) is 101 Å². The SMILES string of the molecule is COc1ccc(C2=C(c3ccc(OC)c(OC)c3OC)C(c3ccccc3)CN(S(=O)(=O)c3ccc(C)cc3)C2=O)c(OC)c1OC. The maximum atomic E-state index is 14.9. The van der Waals surface area contributed by atoms with Crippen molar-refractivity contribution >= 4 is 27.1 Å². The molecule has 0 aromatic heterocycles. The second-order valence-electron chi connectivity index (χ2n) is 10.7. The number of carbonyl (C=O) groups excluding carboxylic acids is 1. The van der Waals surface area contributed by atoms with Crippen LogP contribution in [0.2, 0.25) is 0 Å². The summed E-state index contributed by atoms with van der Waals surface area (Å²) in [4.78, 5) is 14.9. The highest BCUT2D eigenvalue weighted by atomic mass is 32.2. The van der Waals surface area contributed by atoms with E-state index in [1.54, 1.807) is 36.4 Å². The Morgan fingerprint density at radius 3 is 1.64 bits per heavy atom. The lowest BCUT2D eigenvalue weighted by Gasteiger charge is -2.37. The summed E-state index contributed by atoms with van der Waals surface area (Å²) in [5.74, 6) is 0.417. The molecule has 1 heterocycles. The van der Waals surface area contributed by atoms with Crippen molar-refractivity contribution in [1.29, 1.82) is 0 Å². The van der Waals surface area contributed by atoms with E-state index >= 15 is 0 Å². The number of benzene rings is 4. The van der Waals surface area contributed by atoms with Crippen LogP contribution in [0.25, 0.3) is 11.1 Å². The van der Waals surface area contributed by atoms with Gasteiger partial charge in [0.1, 0.15) is 0 Å². The van der Waals surface area contributed by atoms with Gasteiger partial charge in [-0.1, -0.05) is 48.0 Å². The fraction of sp³-hybridized carbons (Fsp3) is 0.250. The molecule has 1 unspecified atom stereocenters. The van der Waals surface area contributed by atoms with Crippen LogP contribution < -0.4 is 28.4 Å². The van der Waals surface area contributed by atoms with Crippen LogP contribution in [-0.2, 0) is 14.8 Å². The number of rotatable bonds is 11. The van der Waals surface area contributed by atoms with Crippen LogP contribution in [0.4, 0.5) is 0 Å². The zero-order chi connectivity index (χ0) is 33.9. The summed E-state index contributed by atoms with van der Waals surface area (Å²) in [5.41, 5.74) is 3.03. The third-order valence-electron chi connectivity index (χ3n) is 8.19. The second-order valence-corrected chi connectivity index (χ2v) is 12.5. The molecule has 0 spiro atoms. The number of ether oxygens (including phenoxy) is 6. The normalized spacial score (nSPS) is 14.9. The number of hydrogen-bond acceptors (Lipinski definition) is 9. The van der Waals surface area contributed by atoms with Gasteiger partial charge in [0, 0.05) is 23.6 Å². The first kappa shape index (κ1) is 33.2. The number of hydrogen-bond donors (Lipinski definition) is 0. The Morgan fingerprint density at radius 2 is 1.13 bits per heavy atom. The van der Waals surface area contributed by atoms with Gasteiger partial charge >= 0.3 is 0 Å². The lowest BCUT2D eigenvalue weighted by molar-refractivity contribution is -0.121. The van der Waals surface area contributed by atoms with Crippen molar-refractivity contribution in [3.8, 4) is 34.5 Å². The maximum absolute atomic E-state index is 14.9. The average molecular weight is 660 g/mol. The molecular weight excluding hydrogens is 622 g/mol. The molecule has 1 aliphatic rings. The molecule has 0 bridgehead atoms. The average Bonchev–Trinajstić information content (AvgIpc) is 3.10. The number of carbonyl (C=O) groups is 1. The molecule has 0 N–H and O–H groups in total. The molecule has 1 amide bonds. The van der Waals surface area contributed by atoms with Crippen LogP contribution >= 0.6 is 0 Å². The van der Waals surface area contributed by atoms with Gasteiger partial charge in [0.2, 0.25) is 11.5 Å². The second kappa shape index (κ2) is 13.7. The van der Waals surface area contributed by atoms with E-state index in [1.165, 1.54) is 54.8 Å². The van der Waals surface area contributed by atoms with Gasteiger partial charge in [0.25, 0.3) is 15.9 Å². The highest BCUT2D eigenvalue weighted by Gasteiger charge is 2.44. The molecule has 0 saturated heterocycles. The topological polar surface area (TPSA) is 110 Å². The predicted molar refractivity (Wildman–Crippen MR) is 178 cm³/mol. The predicted octanol–water partition coefficient (Wildman–Crippen LogP) is 5.97. The quantitative estimate of drug-likeness (QED) is 0.192. The van der Waals surface area contributed by atoms with Crippen LogP contribution in [-0.4, -0.2) is 67.8 Å². The molecule has 0 aliphatic carbocycles. The van der Waals surface area contributed by atoms with Crippen molar-refractivity contribution in [3.63, 3.8) is 0 Å². The number of methoxy groups -OCH3 is 6. The van der Waals surface area contributed by atoms with Crippen molar-refractivity contribution in [2.24, 2.45) is 0 Å². The highest BCUT2D eigenvalue weighted by Crippen LogP contribution is 2.53. The Balaban J connectivity index is 1.95. The summed E-state index contributed by atoms with van der Waals surface area (Å²) in [7, 11) is 4.57. The van der Waals surface area contributed by atoms with Gasteiger partial charge in [0.15, 0.2) is 23.0 Å². The maximum Gasteiger partial charge on any atom is 0.268 e. The minimum atomic E-state index is -4.33. The van der Waals surface area contributed by atoms with Crippen molar-refractivity contribution in [1.82, 2.24) is 4.31 Å². The lowest BCUT2D eigenvalue weighted by Crippen LogP contribution is -2.44. The van der Waals surface area contributed by atoms with Gasteiger partial charge in [-0.3, -0.25) is 4.79 Å². The Bertz CT molecular complexity index is 1920. The van der Waals surface area contributed by atoms with E-state index < -0.39 is 21.8 Å². The van der Waals surface area contributed by atoms with E-state index in [1.807, 2.05) is 37.3 Å². The van der Waals surface area contributed by atoms with E-state index in [4.69, 9.17) is 28.4 Å². The molecular formula is C36H37NO9S. The van der Waals surface area contributed by atoms with Crippen LogP contribution in [0.1, 0.15) is 28.2 Å². The van der Waals surface area contributed by atoms with Crippen LogP contribution in [0.3, 0.4) is 0 Å². The van der Waals surface area contributed by atoms with E-state index in [-0.39, 0.29) is 28.5 Å². The number of sulfonamides is 1. The molecule has 47 heavy (non-hydrogen) atoms. The largest absolute Gasteiger partial charge is 0.493 e. The third-order valence-corrected chi connectivity index (χ3v) is 9.95. The van der Waals surface area contributed by atoms with Gasteiger partial charge in [0.05, 0.1) is 53.1 Å². The summed E-state index contributed by atoms with van der Waals surface area (Å²) in [6, 6.07) is 22.6. The van der Waals surface area contributed by atoms with Gasteiger partial charge < -0.3 is 28.4 Å². The number of amides is 1. The van der Waals surface area contributed by atoms with E-state index in [9.17, 15) is 13.2 Å². The summed E-state index contributed by atoms with van der Waals surface area (Å²) < 4.78 is 63.9. The fourth-order valence-electron chi connectivity index (χ4n) is 5.95. The summed E-state index contributed by atoms with van der Waals surface area (Å²) in [6.45, 7) is 1.67. The molecule has 10 nitrogen and oxygen atoms in total. The molecule has 0 radical (unpaired) electrons. The smallest absolute Gasteiger partial charge is 0.268 e. The zero-order valence-corrected chi connectivity index (χ0v) is 28.1. The zero-order valence-electron chi connectivity index (χ0n) is 27.3. The van der Waals surface area contributed by atoms with E-state index in [2.05, 4.69) is 0 Å². The highest BCUT2D eigenvalue weighted by molar-refractivity contribution is 7.89. The molecule has 1 aliphatic heterocycles. The molecule has 11 heteroatoms. The fourth-order valence-corrected chi connectivity index (χ4v) is 7.34. The van der Waals surface area contributed by atoms with Gasteiger partial charge in [-0.25, -0.2) is 12.7 Å². The van der Waals surface area contributed by atoms with Crippen LogP contribution in [0.15, 0.2) is 83.8 Å². The third kappa shape index (κ3) is 5.83. The molecule has 4 aromatic carbocycles. The molecule has 5 rings (SSSR count). The van der Waals surface area contributed by atoms with Crippen molar-refractivity contribution < 1.29 is 41.6 Å². The van der Waals surface area contributed by atoms with E-state index in [0.29, 0.717) is 39.7 Å². The van der Waals surface area contributed by atoms with Crippen LogP contribution in [0, 0.1) is 6.92 Å². The summed E-state index contributed by atoms with van der Waals surface area (Å²) >= 11 is 0.